The largest absolute Gasteiger partial charge is 0.466 e. The maximum absolute atomic E-state index is 12.6. The Balaban J connectivity index is 4.07. The van der Waals surface area contributed by atoms with E-state index in [0.29, 0.717) is 26.1 Å². The van der Waals surface area contributed by atoms with Crippen LogP contribution in [0.25, 0.3) is 0 Å². The van der Waals surface area contributed by atoms with Crippen LogP contribution in [0.5, 0.6) is 0 Å². The van der Waals surface area contributed by atoms with Crippen LogP contribution in [0.2, 0.25) is 0 Å². The van der Waals surface area contributed by atoms with Gasteiger partial charge in [0.2, 0.25) is 5.91 Å². The van der Waals surface area contributed by atoms with E-state index in [9.17, 15) is 14.4 Å². The van der Waals surface area contributed by atoms with Crippen molar-refractivity contribution >= 4 is 17.8 Å². The molecular weight excluding hydrogens is 478 g/mol. The minimum Gasteiger partial charge on any atom is -0.466 e. The first-order chi connectivity index (χ1) is 18.5. The highest BCUT2D eigenvalue weighted by Crippen LogP contribution is 2.12. The van der Waals surface area contributed by atoms with Crippen LogP contribution < -0.4 is 5.32 Å². The Kier molecular flexibility index (Phi) is 27.2. The molecule has 1 amide bonds. The lowest BCUT2D eigenvalue weighted by Gasteiger charge is -2.17. The third-order valence-corrected chi connectivity index (χ3v) is 6.97. The van der Waals surface area contributed by atoms with Gasteiger partial charge in [-0.25, -0.2) is 4.79 Å². The molecule has 0 aromatic rings. The number of hydrogen-bond acceptors (Lipinski definition) is 5. The van der Waals surface area contributed by atoms with Crippen molar-refractivity contribution in [1.82, 2.24) is 5.32 Å². The lowest BCUT2D eigenvalue weighted by molar-refractivity contribution is -0.154. The molecule has 6 nitrogen and oxygen atoms in total. The monoisotopic (exact) mass is 539 g/mol. The number of carbonyl (C=O) groups excluding carboxylic acids is 3. The predicted octanol–water partition coefficient (Wildman–Crippen LogP) is 8.59. The van der Waals surface area contributed by atoms with E-state index in [2.05, 4.69) is 19.2 Å². The predicted molar refractivity (Wildman–Crippen MR) is 157 cm³/mol. The Bertz CT molecular complexity index is 566. The fourth-order valence-corrected chi connectivity index (χ4v) is 4.55. The summed E-state index contributed by atoms with van der Waals surface area (Å²) in [6.45, 7) is 7.06. The minimum atomic E-state index is -0.975. The van der Waals surface area contributed by atoms with Crippen LogP contribution in [0, 0.1) is 0 Å². The highest BCUT2D eigenvalue weighted by Gasteiger charge is 2.25. The van der Waals surface area contributed by atoms with Gasteiger partial charge in [0.1, 0.15) is 6.04 Å². The Morgan fingerprint density at radius 3 is 1.34 bits per heavy atom. The van der Waals surface area contributed by atoms with Crippen LogP contribution in [0.15, 0.2) is 0 Å². The number of esters is 2. The van der Waals surface area contributed by atoms with Gasteiger partial charge < -0.3 is 14.8 Å². The van der Waals surface area contributed by atoms with Crippen molar-refractivity contribution < 1.29 is 23.9 Å². The van der Waals surface area contributed by atoms with Gasteiger partial charge in [-0.05, 0) is 19.3 Å². The fourth-order valence-electron chi connectivity index (χ4n) is 4.55. The number of carbonyl (C=O) groups is 3. The van der Waals surface area contributed by atoms with Gasteiger partial charge in [0, 0.05) is 6.42 Å². The summed E-state index contributed by atoms with van der Waals surface area (Å²) in [5.41, 5.74) is 0. The number of rotatable bonds is 28. The average Bonchev–Trinajstić information content (AvgIpc) is 2.90. The van der Waals surface area contributed by atoms with Gasteiger partial charge in [0.05, 0.1) is 19.6 Å². The van der Waals surface area contributed by atoms with Gasteiger partial charge in [-0.2, -0.15) is 0 Å². The van der Waals surface area contributed by atoms with E-state index < -0.39 is 18.0 Å². The second kappa shape index (κ2) is 28.4. The van der Waals surface area contributed by atoms with E-state index in [1.807, 2.05) is 6.92 Å². The van der Waals surface area contributed by atoms with E-state index in [1.165, 1.54) is 89.9 Å². The van der Waals surface area contributed by atoms with Crippen molar-refractivity contribution in [3.8, 4) is 0 Å². The van der Waals surface area contributed by atoms with Crippen LogP contribution in [0.4, 0.5) is 0 Å². The normalized spacial score (nSPS) is 11.8. The van der Waals surface area contributed by atoms with Crippen molar-refractivity contribution in [2.45, 2.75) is 174 Å². The number of unbranched alkanes of at least 4 members (excludes halogenated alkanes) is 18. The molecule has 0 heterocycles. The topological polar surface area (TPSA) is 81.7 Å². The molecule has 0 aliphatic heterocycles. The molecule has 1 atom stereocenters. The summed E-state index contributed by atoms with van der Waals surface area (Å²) in [6, 6.07) is -0.975. The summed E-state index contributed by atoms with van der Waals surface area (Å²) in [7, 11) is 0. The van der Waals surface area contributed by atoms with Gasteiger partial charge >= 0.3 is 11.9 Å². The molecule has 0 aliphatic carbocycles. The second-order valence-electron chi connectivity index (χ2n) is 10.8. The Labute approximate surface area is 234 Å². The molecule has 224 valence electrons. The fraction of sp³-hybridized carbons (Fsp3) is 0.906. The van der Waals surface area contributed by atoms with E-state index in [-0.39, 0.29) is 12.3 Å². The molecule has 0 aromatic heterocycles. The van der Waals surface area contributed by atoms with Crippen LogP contribution in [0.3, 0.4) is 0 Å². The molecule has 0 aromatic carbocycles. The first kappa shape index (κ1) is 36.4. The molecule has 0 fully saturated rings. The van der Waals surface area contributed by atoms with Crippen LogP contribution in [0.1, 0.15) is 168 Å². The van der Waals surface area contributed by atoms with Crippen molar-refractivity contribution in [2.24, 2.45) is 0 Å². The number of hydrogen-bond donors (Lipinski definition) is 1. The SMILES string of the molecule is CCCCCCCCCCCCOC(=O)CC(NC(=O)CCC)C(=O)OCCCCCCCCCCCC. The summed E-state index contributed by atoms with van der Waals surface area (Å²) in [5, 5.41) is 2.67. The van der Waals surface area contributed by atoms with Crippen molar-refractivity contribution in [3.63, 3.8) is 0 Å². The average molecular weight is 540 g/mol. The third-order valence-electron chi connectivity index (χ3n) is 6.97. The summed E-state index contributed by atoms with van der Waals surface area (Å²) < 4.78 is 10.8. The maximum atomic E-state index is 12.6. The van der Waals surface area contributed by atoms with E-state index in [4.69, 9.17) is 9.47 Å². The van der Waals surface area contributed by atoms with Crippen LogP contribution in [-0.4, -0.2) is 37.1 Å². The Hall–Kier alpha value is -1.59. The summed E-state index contributed by atoms with van der Waals surface area (Å²) >= 11 is 0. The second-order valence-corrected chi connectivity index (χ2v) is 10.8. The van der Waals surface area contributed by atoms with Gasteiger partial charge in [-0.15, -0.1) is 0 Å². The first-order valence-electron chi connectivity index (χ1n) is 16.2. The summed E-state index contributed by atoms with van der Waals surface area (Å²) in [5.74, 6) is -1.24. The van der Waals surface area contributed by atoms with Crippen molar-refractivity contribution in [2.75, 3.05) is 13.2 Å². The molecule has 6 heteroatoms. The van der Waals surface area contributed by atoms with Gasteiger partial charge in [-0.1, -0.05) is 136 Å². The summed E-state index contributed by atoms with van der Waals surface area (Å²) in [6.07, 6.45) is 25.1. The molecule has 0 saturated heterocycles. The minimum absolute atomic E-state index is 0.177. The molecular formula is C32H61NO5. The standard InChI is InChI=1S/C32H61NO5/c1-4-7-9-11-13-15-17-19-21-23-26-37-31(35)28-29(33-30(34)25-6-3)32(36)38-27-24-22-20-18-16-14-12-10-8-5-2/h29H,4-28H2,1-3H3,(H,33,34). The maximum Gasteiger partial charge on any atom is 0.329 e. The highest BCUT2D eigenvalue weighted by atomic mass is 16.5. The lowest BCUT2D eigenvalue weighted by Crippen LogP contribution is -2.43. The zero-order chi connectivity index (χ0) is 28.1. The Morgan fingerprint density at radius 1 is 0.526 bits per heavy atom. The van der Waals surface area contributed by atoms with Crippen molar-refractivity contribution in [1.29, 1.82) is 0 Å². The van der Waals surface area contributed by atoms with Gasteiger partial charge in [-0.3, -0.25) is 9.59 Å². The number of nitrogens with one attached hydrogen (secondary N) is 1. The lowest BCUT2D eigenvalue weighted by atomic mass is 10.1. The molecule has 1 unspecified atom stereocenters. The zero-order valence-electron chi connectivity index (χ0n) is 25.3. The molecule has 1 N–H and O–H groups in total. The Morgan fingerprint density at radius 2 is 0.921 bits per heavy atom. The number of ether oxygens (including phenoxy) is 2. The summed E-state index contributed by atoms with van der Waals surface area (Å²) in [4.78, 5) is 37.0. The quantitative estimate of drug-likeness (QED) is 0.0795. The molecule has 0 aliphatic rings. The molecule has 0 saturated carbocycles. The van der Waals surface area contributed by atoms with Crippen LogP contribution in [-0.2, 0) is 23.9 Å². The molecule has 38 heavy (non-hydrogen) atoms. The van der Waals surface area contributed by atoms with Crippen molar-refractivity contribution in [3.05, 3.63) is 0 Å². The smallest absolute Gasteiger partial charge is 0.329 e. The molecule has 0 bridgehead atoms. The first-order valence-corrected chi connectivity index (χ1v) is 16.2. The van der Waals surface area contributed by atoms with E-state index in [0.717, 1.165) is 38.5 Å². The number of amides is 1. The third kappa shape index (κ3) is 24.7. The molecule has 0 radical (unpaired) electrons. The molecule has 0 spiro atoms. The highest BCUT2D eigenvalue weighted by molar-refractivity contribution is 5.88. The zero-order valence-corrected chi connectivity index (χ0v) is 25.3. The molecule has 0 rings (SSSR count). The van der Waals surface area contributed by atoms with E-state index >= 15 is 0 Å². The van der Waals surface area contributed by atoms with Gasteiger partial charge in [0.25, 0.3) is 0 Å². The van der Waals surface area contributed by atoms with Gasteiger partial charge in [0.15, 0.2) is 0 Å². The van der Waals surface area contributed by atoms with Crippen LogP contribution >= 0.6 is 0 Å². The van der Waals surface area contributed by atoms with E-state index in [1.54, 1.807) is 0 Å².